The number of aryl methyl sites for hydroxylation is 1. The summed E-state index contributed by atoms with van der Waals surface area (Å²) >= 11 is 0. The molecule has 1 N–H and O–H groups in total. The van der Waals surface area contributed by atoms with E-state index in [0.29, 0.717) is 11.6 Å². The first-order valence-corrected chi connectivity index (χ1v) is 4.30. The van der Waals surface area contributed by atoms with Gasteiger partial charge in [-0.2, -0.15) is 4.98 Å². The summed E-state index contributed by atoms with van der Waals surface area (Å²) in [6.45, 7) is 1.68. The Kier molecular flexibility index (Phi) is 3.08. The number of anilines is 1. The molecule has 0 fully saturated rings. The summed E-state index contributed by atoms with van der Waals surface area (Å²) in [6.07, 6.45) is 0. The molecule has 0 aliphatic carbocycles. The highest BCUT2D eigenvalue weighted by atomic mass is 16.5. The maximum atomic E-state index is 11.0. The highest BCUT2D eigenvalue weighted by Gasteiger charge is 2.21. The number of hydrogen-bond donors (Lipinski definition) is 1. The predicted octanol–water partition coefficient (Wildman–Crippen LogP) is 0.558. The average Bonchev–Trinajstić information content (AvgIpc) is 2.15. The molecule has 0 aliphatic heterocycles. The molecule has 0 spiro atoms. The molecule has 0 aliphatic rings. The summed E-state index contributed by atoms with van der Waals surface area (Å²) in [6, 6.07) is 0. The van der Waals surface area contributed by atoms with Crippen molar-refractivity contribution in [2.45, 2.75) is 6.92 Å². The van der Waals surface area contributed by atoms with Gasteiger partial charge in [-0.1, -0.05) is 0 Å². The van der Waals surface area contributed by atoms with E-state index in [9.17, 15) is 4.79 Å². The summed E-state index contributed by atoms with van der Waals surface area (Å²) in [4.78, 5) is 20.6. The minimum atomic E-state index is -1.10. The van der Waals surface area contributed by atoms with E-state index in [1.54, 1.807) is 25.9 Å². The number of ether oxygens (including phenoxy) is 1. The summed E-state index contributed by atoms with van der Waals surface area (Å²) < 4.78 is 4.92. The first-order chi connectivity index (χ1) is 6.97. The number of rotatable bonds is 3. The Hall–Kier alpha value is -1.85. The number of carboxylic acid groups (broad SMARTS) is 1. The third-order valence-corrected chi connectivity index (χ3v) is 1.80. The first-order valence-electron chi connectivity index (χ1n) is 4.30. The second kappa shape index (κ2) is 4.12. The van der Waals surface area contributed by atoms with Gasteiger partial charge in [-0.05, 0) is 6.92 Å². The molecule has 15 heavy (non-hydrogen) atoms. The van der Waals surface area contributed by atoms with Gasteiger partial charge in [0.15, 0.2) is 5.56 Å². The van der Waals surface area contributed by atoms with Crippen LogP contribution in [0.25, 0.3) is 0 Å². The molecule has 0 atom stereocenters. The van der Waals surface area contributed by atoms with Gasteiger partial charge in [0.1, 0.15) is 11.6 Å². The number of carboxylic acids is 1. The zero-order valence-electron chi connectivity index (χ0n) is 9.11. The monoisotopic (exact) mass is 211 g/mol. The van der Waals surface area contributed by atoms with Gasteiger partial charge in [0.2, 0.25) is 5.88 Å². The van der Waals surface area contributed by atoms with Gasteiger partial charge in [0.05, 0.1) is 7.11 Å². The highest BCUT2D eigenvalue weighted by molar-refractivity contribution is 5.95. The van der Waals surface area contributed by atoms with Crippen LogP contribution in [0.1, 0.15) is 16.2 Å². The van der Waals surface area contributed by atoms with Crippen LogP contribution in [0, 0.1) is 6.92 Å². The molecular weight excluding hydrogens is 198 g/mol. The quantitative estimate of drug-likeness (QED) is 0.787. The molecule has 1 aromatic rings. The fourth-order valence-corrected chi connectivity index (χ4v) is 1.19. The van der Waals surface area contributed by atoms with Gasteiger partial charge >= 0.3 is 5.97 Å². The molecule has 0 saturated heterocycles. The maximum absolute atomic E-state index is 11.0. The van der Waals surface area contributed by atoms with Crippen LogP contribution in [-0.2, 0) is 0 Å². The van der Waals surface area contributed by atoms with Crippen LogP contribution < -0.4 is 9.64 Å². The van der Waals surface area contributed by atoms with Crippen LogP contribution in [0.5, 0.6) is 5.88 Å². The Bertz CT molecular complexity index is 390. The second-order valence-electron chi connectivity index (χ2n) is 3.18. The minimum Gasteiger partial charge on any atom is -0.480 e. The van der Waals surface area contributed by atoms with Crippen molar-refractivity contribution in [3.8, 4) is 5.88 Å². The molecule has 6 heteroatoms. The molecule has 0 aromatic carbocycles. The molecule has 1 heterocycles. The van der Waals surface area contributed by atoms with Gasteiger partial charge in [-0.15, -0.1) is 0 Å². The van der Waals surface area contributed by atoms with Crippen molar-refractivity contribution in [2.75, 3.05) is 26.1 Å². The third kappa shape index (κ3) is 2.15. The van der Waals surface area contributed by atoms with Crippen LogP contribution in [0.3, 0.4) is 0 Å². The van der Waals surface area contributed by atoms with Crippen molar-refractivity contribution >= 4 is 11.8 Å². The molecule has 6 nitrogen and oxygen atoms in total. The number of aromatic nitrogens is 2. The van der Waals surface area contributed by atoms with Crippen molar-refractivity contribution in [1.82, 2.24) is 9.97 Å². The van der Waals surface area contributed by atoms with Crippen molar-refractivity contribution in [3.63, 3.8) is 0 Å². The molecule has 1 aromatic heterocycles. The molecule has 0 radical (unpaired) electrons. The van der Waals surface area contributed by atoms with E-state index in [1.165, 1.54) is 7.11 Å². The maximum Gasteiger partial charge on any atom is 0.345 e. The lowest BCUT2D eigenvalue weighted by molar-refractivity contribution is 0.0692. The van der Waals surface area contributed by atoms with Gasteiger partial charge in [-0.3, -0.25) is 0 Å². The number of hydrogen-bond acceptors (Lipinski definition) is 5. The molecule has 0 bridgehead atoms. The van der Waals surface area contributed by atoms with Crippen LogP contribution in [0.15, 0.2) is 0 Å². The van der Waals surface area contributed by atoms with E-state index in [-0.39, 0.29) is 11.4 Å². The lowest BCUT2D eigenvalue weighted by atomic mass is 10.2. The van der Waals surface area contributed by atoms with E-state index in [1.807, 2.05) is 0 Å². The summed E-state index contributed by atoms with van der Waals surface area (Å²) in [5.74, 6) is -0.207. The molecule has 0 unspecified atom stereocenters. The lowest BCUT2D eigenvalue weighted by Gasteiger charge is -2.16. The smallest absolute Gasteiger partial charge is 0.345 e. The summed E-state index contributed by atoms with van der Waals surface area (Å²) in [5, 5.41) is 9.03. The van der Waals surface area contributed by atoms with Crippen LogP contribution in [0.4, 0.5) is 5.82 Å². The average molecular weight is 211 g/mol. The lowest BCUT2D eigenvalue weighted by Crippen LogP contribution is -2.18. The fraction of sp³-hybridized carbons (Fsp3) is 0.444. The predicted molar refractivity (Wildman–Crippen MR) is 54.6 cm³/mol. The molecule has 82 valence electrons. The van der Waals surface area contributed by atoms with Crippen LogP contribution in [-0.4, -0.2) is 42.2 Å². The van der Waals surface area contributed by atoms with Crippen molar-refractivity contribution in [2.24, 2.45) is 0 Å². The zero-order valence-corrected chi connectivity index (χ0v) is 9.11. The van der Waals surface area contributed by atoms with Gasteiger partial charge in [0.25, 0.3) is 0 Å². The standard InChI is InChI=1S/C9H13N3O3/c1-5-10-7(12(2)3)6(9(13)14)8(11-5)15-4/h1-4H3,(H,13,14). The summed E-state index contributed by atoms with van der Waals surface area (Å²) in [5.41, 5.74) is -0.0203. The SMILES string of the molecule is COc1nc(C)nc(N(C)C)c1C(=O)O. The highest BCUT2D eigenvalue weighted by Crippen LogP contribution is 2.24. The van der Waals surface area contributed by atoms with Gasteiger partial charge < -0.3 is 14.7 Å². The molecule has 1 rings (SSSR count). The van der Waals surface area contributed by atoms with E-state index < -0.39 is 5.97 Å². The Labute approximate surface area is 87.5 Å². The number of nitrogens with zero attached hydrogens (tertiary/aromatic N) is 3. The van der Waals surface area contributed by atoms with E-state index in [0.717, 1.165) is 0 Å². The van der Waals surface area contributed by atoms with E-state index in [2.05, 4.69) is 9.97 Å². The van der Waals surface area contributed by atoms with Crippen molar-refractivity contribution in [3.05, 3.63) is 11.4 Å². The first kappa shape index (κ1) is 11.2. The topological polar surface area (TPSA) is 75.6 Å². The van der Waals surface area contributed by atoms with Crippen molar-refractivity contribution < 1.29 is 14.6 Å². The Morgan fingerprint density at radius 3 is 2.40 bits per heavy atom. The number of methoxy groups -OCH3 is 1. The van der Waals surface area contributed by atoms with Gasteiger partial charge in [-0.25, -0.2) is 9.78 Å². The van der Waals surface area contributed by atoms with E-state index >= 15 is 0 Å². The number of carbonyl (C=O) groups is 1. The fourth-order valence-electron chi connectivity index (χ4n) is 1.19. The van der Waals surface area contributed by atoms with Crippen LogP contribution >= 0.6 is 0 Å². The largest absolute Gasteiger partial charge is 0.480 e. The molecular formula is C9H13N3O3. The Morgan fingerprint density at radius 2 is 2.00 bits per heavy atom. The van der Waals surface area contributed by atoms with Crippen molar-refractivity contribution in [1.29, 1.82) is 0 Å². The van der Waals surface area contributed by atoms with E-state index in [4.69, 9.17) is 9.84 Å². The summed E-state index contributed by atoms with van der Waals surface area (Å²) in [7, 11) is 4.81. The Morgan fingerprint density at radius 1 is 1.40 bits per heavy atom. The van der Waals surface area contributed by atoms with Gasteiger partial charge in [0, 0.05) is 14.1 Å². The number of aromatic carboxylic acids is 1. The molecule has 0 amide bonds. The van der Waals surface area contributed by atoms with Crippen LogP contribution in [0.2, 0.25) is 0 Å². The zero-order chi connectivity index (χ0) is 11.6. The normalized spacial score (nSPS) is 9.87. The second-order valence-corrected chi connectivity index (χ2v) is 3.18. The minimum absolute atomic E-state index is 0.0203. The third-order valence-electron chi connectivity index (χ3n) is 1.80. The molecule has 0 saturated carbocycles. The Balaban J connectivity index is 3.47.